The molecule has 0 bridgehead atoms. The SMILES string of the molecule is CN1CCCCC1CC(=O)NC1(CO)CC=CC1. The van der Waals surface area contributed by atoms with E-state index in [1.165, 1.54) is 12.8 Å². The summed E-state index contributed by atoms with van der Waals surface area (Å²) >= 11 is 0. The van der Waals surface area contributed by atoms with Crippen molar-refractivity contribution in [3.63, 3.8) is 0 Å². The van der Waals surface area contributed by atoms with Crippen molar-refractivity contribution in [2.75, 3.05) is 20.2 Å². The van der Waals surface area contributed by atoms with Crippen LogP contribution in [0.15, 0.2) is 12.2 Å². The molecule has 0 spiro atoms. The molecule has 1 fully saturated rings. The van der Waals surface area contributed by atoms with E-state index < -0.39 is 5.54 Å². The number of piperidine rings is 1. The monoisotopic (exact) mass is 252 g/mol. The third kappa shape index (κ3) is 3.12. The Morgan fingerprint density at radius 1 is 1.44 bits per heavy atom. The van der Waals surface area contributed by atoms with Gasteiger partial charge in [-0.2, -0.15) is 0 Å². The molecule has 0 aromatic carbocycles. The van der Waals surface area contributed by atoms with Crippen molar-refractivity contribution in [1.82, 2.24) is 10.2 Å². The molecule has 1 heterocycles. The molecule has 1 aliphatic carbocycles. The number of hydrogen-bond acceptors (Lipinski definition) is 3. The predicted molar refractivity (Wildman–Crippen MR) is 71.2 cm³/mol. The topological polar surface area (TPSA) is 52.6 Å². The predicted octanol–water partition coefficient (Wildman–Crippen LogP) is 1.06. The zero-order valence-electron chi connectivity index (χ0n) is 11.2. The summed E-state index contributed by atoms with van der Waals surface area (Å²) in [7, 11) is 2.09. The maximum absolute atomic E-state index is 12.1. The van der Waals surface area contributed by atoms with E-state index in [4.69, 9.17) is 0 Å². The zero-order valence-corrected chi connectivity index (χ0v) is 11.2. The lowest BCUT2D eigenvalue weighted by atomic mass is 9.95. The zero-order chi connectivity index (χ0) is 13.0. The van der Waals surface area contributed by atoms with Gasteiger partial charge in [0.1, 0.15) is 0 Å². The summed E-state index contributed by atoms with van der Waals surface area (Å²) in [6.45, 7) is 1.11. The maximum atomic E-state index is 12.1. The molecule has 18 heavy (non-hydrogen) atoms. The van der Waals surface area contributed by atoms with Crippen LogP contribution in [0.25, 0.3) is 0 Å². The second-order valence-corrected chi connectivity index (χ2v) is 5.70. The summed E-state index contributed by atoms with van der Waals surface area (Å²) in [6.07, 6.45) is 9.67. The van der Waals surface area contributed by atoms with Gasteiger partial charge in [0.25, 0.3) is 0 Å². The molecule has 1 unspecified atom stereocenters. The van der Waals surface area contributed by atoms with Crippen molar-refractivity contribution < 1.29 is 9.90 Å². The van der Waals surface area contributed by atoms with E-state index in [0.29, 0.717) is 12.5 Å². The third-order valence-corrected chi connectivity index (χ3v) is 4.23. The van der Waals surface area contributed by atoms with Crippen LogP contribution in [0.5, 0.6) is 0 Å². The Morgan fingerprint density at radius 3 is 2.78 bits per heavy atom. The largest absolute Gasteiger partial charge is 0.394 e. The molecule has 1 amide bonds. The first-order chi connectivity index (χ1) is 8.65. The van der Waals surface area contributed by atoms with Crippen molar-refractivity contribution in [3.8, 4) is 0 Å². The number of nitrogens with zero attached hydrogens (tertiary/aromatic N) is 1. The Kier molecular flexibility index (Phi) is 4.40. The van der Waals surface area contributed by atoms with E-state index in [2.05, 4.69) is 17.3 Å². The van der Waals surface area contributed by atoms with Crippen LogP contribution < -0.4 is 5.32 Å². The van der Waals surface area contributed by atoms with Gasteiger partial charge in [-0.15, -0.1) is 0 Å². The fourth-order valence-corrected chi connectivity index (χ4v) is 2.93. The van der Waals surface area contributed by atoms with Crippen molar-refractivity contribution in [1.29, 1.82) is 0 Å². The van der Waals surface area contributed by atoms with Crippen LogP contribution in [0.3, 0.4) is 0 Å². The first kappa shape index (κ1) is 13.6. The Morgan fingerprint density at radius 2 is 2.17 bits per heavy atom. The highest BCUT2D eigenvalue weighted by atomic mass is 16.3. The maximum Gasteiger partial charge on any atom is 0.222 e. The van der Waals surface area contributed by atoms with Gasteiger partial charge in [0.15, 0.2) is 0 Å². The van der Waals surface area contributed by atoms with Gasteiger partial charge in [-0.3, -0.25) is 4.79 Å². The number of aliphatic hydroxyl groups is 1. The Hall–Kier alpha value is -0.870. The lowest BCUT2D eigenvalue weighted by Crippen LogP contribution is -2.51. The van der Waals surface area contributed by atoms with Crippen molar-refractivity contribution in [2.45, 2.75) is 50.1 Å². The Bertz CT molecular complexity index is 320. The fourth-order valence-electron chi connectivity index (χ4n) is 2.93. The number of nitrogens with one attached hydrogen (secondary N) is 1. The van der Waals surface area contributed by atoms with Crippen LogP contribution in [0.4, 0.5) is 0 Å². The molecular weight excluding hydrogens is 228 g/mol. The van der Waals surface area contributed by atoms with Crippen LogP contribution in [0.2, 0.25) is 0 Å². The summed E-state index contributed by atoms with van der Waals surface area (Å²) in [5.74, 6) is 0.0755. The number of carbonyl (C=O) groups is 1. The average Bonchev–Trinajstić information content (AvgIpc) is 2.81. The first-order valence-corrected chi connectivity index (χ1v) is 6.92. The minimum Gasteiger partial charge on any atom is -0.394 e. The number of likely N-dealkylation sites (tertiary alicyclic amines) is 1. The summed E-state index contributed by atoms with van der Waals surface area (Å²) < 4.78 is 0. The molecule has 1 atom stereocenters. The average molecular weight is 252 g/mol. The van der Waals surface area contributed by atoms with Crippen molar-refractivity contribution >= 4 is 5.91 Å². The van der Waals surface area contributed by atoms with Gasteiger partial charge in [0.05, 0.1) is 12.1 Å². The molecule has 0 radical (unpaired) electrons. The standard InChI is InChI=1S/C14H24N2O2/c1-16-9-5-2-6-12(16)10-13(18)15-14(11-17)7-3-4-8-14/h3-4,12,17H,2,5-11H2,1H3,(H,15,18). The van der Waals surface area contributed by atoms with Crippen LogP contribution in [0.1, 0.15) is 38.5 Å². The van der Waals surface area contributed by atoms with Crippen LogP contribution in [0, 0.1) is 0 Å². The third-order valence-electron chi connectivity index (χ3n) is 4.23. The van der Waals surface area contributed by atoms with Gasteiger partial charge in [-0.05, 0) is 39.3 Å². The minimum atomic E-state index is -0.426. The normalized spacial score (nSPS) is 27.3. The van der Waals surface area contributed by atoms with Gasteiger partial charge in [0, 0.05) is 12.5 Å². The fraction of sp³-hybridized carbons (Fsp3) is 0.786. The van der Waals surface area contributed by atoms with Gasteiger partial charge < -0.3 is 15.3 Å². The molecule has 0 aromatic rings. The molecule has 4 nitrogen and oxygen atoms in total. The molecule has 4 heteroatoms. The van der Waals surface area contributed by atoms with Crippen molar-refractivity contribution in [2.24, 2.45) is 0 Å². The van der Waals surface area contributed by atoms with Gasteiger partial charge in [-0.1, -0.05) is 18.6 Å². The van der Waals surface area contributed by atoms with E-state index in [1.807, 2.05) is 12.2 Å². The second kappa shape index (κ2) is 5.85. The molecule has 0 aromatic heterocycles. The summed E-state index contributed by atoms with van der Waals surface area (Å²) in [4.78, 5) is 14.4. The number of amides is 1. The molecule has 2 rings (SSSR count). The van der Waals surface area contributed by atoms with Crippen LogP contribution in [-0.2, 0) is 4.79 Å². The first-order valence-electron chi connectivity index (χ1n) is 6.92. The number of aliphatic hydroxyl groups excluding tert-OH is 1. The van der Waals surface area contributed by atoms with E-state index >= 15 is 0 Å². The molecule has 0 saturated carbocycles. The number of hydrogen-bond donors (Lipinski definition) is 2. The van der Waals surface area contributed by atoms with Gasteiger partial charge >= 0.3 is 0 Å². The number of carbonyl (C=O) groups excluding carboxylic acids is 1. The van der Waals surface area contributed by atoms with Gasteiger partial charge in [0.2, 0.25) is 5.91 Å². The molecule has 2 aliphatic rings. The molecule has 2 N–H and O–H groups in total. The summed E-state index contributed by atoms with van der Waals surface area (Å²) in [6, 6.07) is 0.365. The van der Waals surface area contributed by atoms with E-state index in [-0.39, 0.29) is 12.5 Å². The lowest BCUT2D eigenvalue weighted by Gasteiger charge is -2.34. The smallest absolute Gasteiger partial charge is 0.222 e. The molecule has 1 aliphatic heterocycles. The quantitative estimate of drug-likeness (QED) is 0.736. The summed E-state index contributed by atoms with van der Waals surface area (Å²) in [5, 5.41) is 12.5. The Balaban J connectivity index is 1.84. The van der Waals surface area contributed by atoms with Crippen LogP contribution >= 0.6 is 0 Å². The van der Waals surface area contributed by atoms with Crippen molar-refractivity contribution in [3.05, 3.63) is 12.2 Å². The lowest BCUT2D eigenvalue weighted by molar-refractivity contribution is -0.124. The highest BCUT2D eigenvalue weighted by Crippen LogP contribution is 2.24. The number of rotatable bonds is 4. The molecule has 1 saturated heterocycles. The highest BCUT2D eigenvalue weighted by Gasteiger charge is 2.32. The second-order valence-electron chi connectivity index (χ2n) is 5.70. The van der Waals surface area contributed by atoms with E-state index in [0.717, 1.165) is 25.8 Å². The minimum absolute atomic E-state index is 0.0201. The van der Waals surface area contributed by atoms with E-state index in [9.17, 15) is 9.90 Å². The van der Waals surface area contributed by atoms with Crippen LogP contribution in [-0.4, -0.2) is 47.7 Å². The highest BCUT2D eigenvalue weighted by molar-refractivity contribution is 5.77. The summed E-state index contributed by atoms with van der Waals surface area (Å²) in [5.41, 5.74) is -0.426. The molecular formula is C14H24N2O2. The Labute approximate surface area is 109 Å². The van der Waals surface area contributed by atoms with Gasteiger partial charge in [-0.25, -0.2) is 0 Å². The van der Waals surface area contributed by atoms with E-state index in [1.54, 1.807) is 0 Å². The molecule has 102 valence electrons.